The average Bonchev–Trinajstić information content (AvgIpc) is 2.36. The number of amides is 1. The summed E-state index contributed by atoms with van der Waals surface area (Å²) in [5, 5.41) is 13.8. The molecule has 0 fully saturated rings. The van der Waals surface area contributed by atoms with E-state index >= 15 is 0 Å². The van der Waals surface area contributed by atoms with E-state index in [0.29, 0.717) is 11.3 Å². The minimum atomic E-state index is -1.02. The highest BCUT2D eigenvalue weighted by molar-refractivity contribution is 5.96. The van der Waals surface area contributed by atoms with Gasteiger partial charge in [0.1, 0.15) is 6.04 Å². The van der Waals surface area contributed by atoms with E-state index in [2.05, 4.69) is 10.6 Å². The van der Waals surface area contributed by atoms with Crippen molar-refractivity contribution in [3.63, 3.8) is 0 Å². The van der Waals surface area contributed by atoms with E-state index in [1.165, 1.54) is 13.8 Å². The summed E-state index contributed by atoms with van der Waals surface area (Å²) in [5.74, 6) is -1.41. The zero-order valence-corrected chi connectivity index (χ0v) is 10.8. The zero-order valence-electron chi connectivity index (χ0n) is 10.8. The molecule has 1 atom stereocenters. The maximum atomic E-state index is 11.5. The molecule has 102 valence electrons. The van der Waals surface area contributed by atoms with E-state index in [1.807, 2.05) is 0 Å². The van der Waals surface area contributed by atoms with Gasteiger partial charge in [0.25, 0.3) is 0 Å². The fourth-order valence-electron chi connectivity index (χ4n) is 1.33. The summed E-state index contributed by atoms with van der Waals surface area (Å²) in [6, 6.07) is 5.69. The van der Waals surface area contributed by atoms with Crippen molar-refractivity contribution in [2.45, 2.75) is 19.9 Å². The molecule has 0 heterocycles. The lowest BCUT2D eigenvalue weighted by Gasteiger charge is -2.09. The lowest BCUT2D eigenvalue weighted by molar-refractivity contribution is -0.139. The molecule has 0 spiro atoms. The quantitative estimate of drug-likeness (QED) is 0.663. The SMILES string of the molecule is CC(=O)c1ccc(NC(=O)CNC(C)C(=O)O)cc1. The van der Waals surface area contributed by atoms with Gasteiger partial charge in [-0.3, -0.25) is 19.7 Å². The molecule has 0 aliphatic heterocycles. The van der Waals surface area contributed by atoms with Crippen LogP contribution in [0.15, 0.2) is 24.3 Å². The molecule has 3 N–H and O–H groups in total. The third-order valence-electron chi connectivity index (χ3n) is 2.51. The van der Waals surface area contributed by atoms with E-state index in [1.54, 1.807) is 24.3 Å². The summed E-state index contributed by atoms with van der Waals surface area (Å²) in [4.78, 5) is 33.1. The number of hydrogen-bond acceptors (Lipinski definition) is 4. The molecule has 6 heteroatoms. The Bertz CT molecular complexity index is 482. The third-order valence-corrected chi connectivity index (χ3v) is 2.51. The van der Waals surface area contributed by atoms with Crippen LogP contribution in [0.4, 0.5) is 5.69 Å². The van der Waals surface area contributed by atoms with Gasteiger partial charge in [-0.15, -0.1) is 0 Å². The van der Waals surface area contributed by atoms with Crippen LogP contribution in [0.1, 0.15) is 24.2 Å². The molecule has 0 radical (unpaired) electrons. The van der Waals surface area contributed by atoms with E-state index < -0.39 is 12.0 Å². The molecule has 0 saturated heterocycles. The van der Waals surface area contributed by atoms with Gasteiger partial charge in [-0.2, -0.15) is 0 Å². The summed E-state index contributed by atoms with van der Waals surface area (Å²) >= 11 is 0. The van der Waals surface area contributed by atoms with E-state index in [4.69, 9.17) is 5.11 Å². The first kappa shape index (κ1) is 14.8. The number of carbonyl (C=O) groups is 3. The van der Waals surface area contributed by atoms with Crippen molar-refractivity contribution in [1.29, 1.82) is 0 Å². The number of aliphatic carboxylic acids is 1. The second kappa shape index (κ2) is 6.65. The topological polar surface area (TPSA) is 95.5 Å². The largest absolute Gasteiger partial charge is 0.480 e. The van der Waals surface area contributed by atoms with Crippen molar-refractivity contribution in [2.24, 2.45) is 0 Å². The Hall–Kier alpha value is -2.21. The first-order chi connectivity index (χ1) is 8.90. The predicted octanol–water partition coefficient (Wildman–Crippen LogP) is 0.890. The molecule has 0 aromatic heterocycles. The molecule has 1 unspecified atom stereocenters. The molecule has 0 saturated carbocycles. The number of hydrogen-bond donors (Lipinski definition) is 3. The molecule has 1 rings (SSSR count). The number of benzene rings is 1. The molecule has 1 aromatic carbocycles. The zero-order chi connectivity index (χ0) is 14.4. The Labute approximate surface area is 110 Å². The van der Waals surface area contributed by atoms with Gasteiger partial charge in [-0.1, -0.05) is 0 Å². The highest BCUT2D eigenvalue weighted by Gasteiger charge is 2.11. The Morgan fingerprint density at radius 2 is 1.79 bits per heavy atom. The van der Waals surface area contributed by atoms with Gasteiger partial charge < -0.3 is 10.4 Å². The van der Waals surface area contributed by atoms with Gasteiger partial charge in [0.2, 0.25) is 5.91 Å². The van der Waals surface area contributed by atoms with Crippen LogP contribution >= 0.6 is 0 Å². The number of carboxylic acid groups (broad SMARTS) is 1. The summed E-state index contributed by atoms with van der Waals surface area (Å²) < 4.78 is 0. The van der Waals surface area contributed by atoms with Gasteiger partial charge in [-0.25, -0.2) is 0 Å². The van der Waals surface area contributed by atoms with Gasteiger partial charge in [0, 0.05) is 11.3 Å². The standard InChI is InChI=1S/C13H16N2O4/c1-8(13(18)19)14-7-12(17)15-11-5-3-10(4-6-11)9(2)16/h3-6,8,14H,7H2,1-2H3,(H,15,17)(H,18,19). The number of ketones is 1. The van der Waals surface area contributed by atoms with Crippen LogP contribution in [0.25, 0.3) is 0 Å². The molecule has 1 aromatic rings. The fourth-order valence-corrected chi connectivity index (χ4v) is 1.33. The summed E-state index contributed by atoms with van der Waals surface area (Å²) in [6.07, 6.45) is 0. The van der Waals surface area contributed by atoms with Crippen molar-refractivity contribution >= 4 is 23.3 Å². The van der Waals surface area contributed by atoms with Crippen molar-refractivity contribution in [3.8, 4) is 0 Å². The Kier molecular flexibility index (Phi) is 5.20. The monoisotopic (exact) mass is 264 g/mol. The molecule has 0 aliphatic carbocycles. The maximum Gasteiger partial charge on any atom is 0.320 e. The molecular formula is C13H16N2O4. The van der Waals surface area contributed by atoms with Crippen molar-refractivity contribution < 1.29 is 19.5 Å². The molecule has 6 nitrogen and oxygen atoms in total. The fraction of sp³-hybridized carbons (Fsp3) is 0.308. The Balaban J connectivity index is 2.48. The highest BCUT2D eigenvalue weighted by Crippen LogP contribution is 2.09. The average molecular weight is 264 g/mol. The minimum Gasteiger partial charge on any atom is -0.480 e. The normalized spacial score (nSPS) is 11.7. The first-order valence-corrected chi connectivity index (χ1v) is 5.77. The minimum absolute atomic E-state index is 0.0465. The van der Waals surface area contributed by atoms with Crippen LogP contribution in [-0.4, -0.2) is 35.4 Å². The van der Waals surface area contributed by atoms with Crippen molar-refractivity contribution in [3.05, 3.63) is 29.8 Å². The summed E-state index contributed by atoms with van der Waals surface area (Å²) in [5.41, 5.74) is 1.12. The molecule has 0 aliphatic rings. The highest BCUT2D eigenvalue weighted by atomic mass is 16.4. The van der Waals surface area contributed by atoms with Crippen LogP contribution in [0.3, 0.4) is 0 Å². The van der Waals surface area contributed by atoms with Crippen LogP contribution in [0, 0.1) is 0 Å². The molecule has 0 bridgehead atoms. The number of Topliss-reactive ketones (excluding diaryl/α,β-unsaturated/α-hetero) is 1. The van der Waals surface area contributed by atoms with E-state index in [-0.39, 0.29) is 18.2 Å². The summed E-state index contributed by atoms with van der Waals surface area (Å²) in [7, 11) is 0. The third kappa shape index (κ3) is 4.89. The van der Waals surface area contributed by atoms with Crippen molar-refractivity contribution in [2.75, 3.05) is 11.9 Å². The van der Waals surface area contributed by atoms with Crippen molar-refractivity contribution in [1.82, 2.24) is 5.32 Å². The van der Waals surface area contributed by atoms with Crippen LogP contribution < -0.4 is 10.6 Å². The Morgan fingerprint density at radius 1 is 1.21 bits per heavy atom. The van der Waals surface area contributed by atoms with Gasteiger partial charge in [0.05, 0.1) is 6.54 Å². The lowest BCUT2D eigenvalue weighted by Crippen LogP contribution is -2.39. The smallest absolute Gasteiger partial charge is 0.320 e. The lowest BCUT2D eigenvalue weighted by atomic mass is 10.1. The van der Waals surface area contributed by atoms with Crippen LogP contribution in [0.2, 0.25) is 0 Å². The molecule has 19 heavy (non-hydrogen) atoms. The van der Waals surface area contributed by atoms with E-state index in [0.717, 1.165) is 0 Å². The molecular weight excluding hydrogens is 248 g/mol. The van der Waals surface area contributed by atoms with Gasteiger partial charge >= 0.3 is 5.97 Å². The van der Waals surface area contributed by atoms with E-state index in [9.17, 15) is 14.4 Å². The number of nitrogens with one attached hydrogen (secondary N) is 2. The Morgan fingerprint density at radius 3 is 2.26 bits per heavy atom. The predicted molar refractivity (Wildman–Crippen MR) is 70.2 cm³/mol. The molecule has 1 amide bonds. The number of carboxylic acids is 1. The first-order valence-electron chi connectivity index (χ1n) is 5.77. The number of rotatable bonds is 6. The van der Waals surface area contributed by atoms with Gasteiger partial charge in [-0.05, 0) is 38.1 Å². The van der Waals surface area contributed by atoms with Crippen LogP contribution in [0.5, 0.6) is 0 Å². The second-order valence-electron chi connectivity index (χ2n) is 4.12. The second-order valence-corrected chi connectivity index (χ2v) is 4.12. The van der Waals surface area contributed by atoms with Gasteiger partial charge in [0.15, 0.2) is 5.78 Å². The maximum absolute atomic E-state index is 11.5. The number of carbonyl (C=O) groups excluding carboxylic acids is 2. The number of anilines is 1. The van der Waals surface area contributed by atoms with Crippen LogP contribution in [-0.2, 0) is 9.59 Å². The summed E-state index contributed by atoms with van der Waals surface area (Å²) in [6.45, 7) is 2.82.